The van der Waals surface area contributed by atoms with Crippen LogP contribution in [0.3, 0.4) is 0 Å². The Morgan fingerprint density at radius 2 is 1.21 bits per heavy atom. The van der Waals surface area contributed by atoms with Gasteiger partial charge in [0.15, 0.2) is 11.6 Å². The molecule has 14 nitrogen and oxygen atoms in total. The molecule has 7 rings (SSSR count). The maximum Gasteiger partial charge on any atom is 0.416 e. The van der Waals surface area contributed by atoms with Crippen molar-refractivity contribution in [1.82, 2.24) is 39.5 Å². The fraction of sp³-hybridized carbons (Fsp3) is 0.0833. The Hall–Kier alpha value is -7.30. The molecule has 53 heavy (non-hydrogen) atoms. The third kappa shape index (κ3) is 9.91. The van der Waals surface area contributed by atoms with Crippen molar-refractivity contribution < 1.29 is 27.4 Å². The van der Waals surface area contributed by atoms with Crippen LogP contribution in [0, 0.1) is 0 Å². The van der Waals surface area contributed by atoms with Gasteiger partial charge in [-0.25, -0.2) is 14.8 Å². The van der Waals surface area contributed by atoms with Crippen LogP contribution in [0.15, 0.2) is 122 Å². The fourth-order valence-corrected chi connectivity index (χ4v) is 4.60. The molecular formula is C36H30F3N11O3. The average molecular weight is 722 g/mol. The van der Waals surface area contributed by atoms with Crippen LogP contribution >= 0.6 is 0 Å². The first-order valence-corrected chi connectivity index (χ1v) is 15.7. The maximum atomic E-state index is 12.8. The minimum Gasteiger partial charge on any atom is -0.439 e. The summed E-state index contributed by atoms with van der Waals surface area (Å²) in [6.45, 7) is 0. The number of rotatable bonds is 8. The highest BCUT2D eigenvalue weighted by Gasteiger charge is 2.30. The van der Waals surface area contributed by atoms with Crippen molar-refractivity contribution in [2.75, 3.05) is 16.4 Å². The summed E-state index contributed by atoms with van der Waals surface area (Å²) in [5, 5.41) is 13.1. The normalized spacial score (nSPS) is 10.9. The molecule has 7 aromatic rings. The van der Waals surface area contributed by atoms with Crippen LogP contribution in [0.1, 0.15) is 5.56 Å². The number of anilines is 3. The number of halogens is 3. The molecule has 3 aromatic carbocycles. The van der Waals surface area contributed by atoms with E-state index < -0.39 is 17.8 Å². The molecule has 4 heterocycles. The first kappa shape index (κ1) is 35.5. The number of carbonyl (C=O) groups is 1. The van der Waals surface area contributed by atoms with E-state index in [1.165, 1.54) is 12.1 Å². The van der Waals surface area contributed by atoms with Crippen molar-refractivity contribution in [3.63, 3.8) is 0 Å². The SMILES string of the molecule is Cn1cc(-c2nccc(Oc3ccc(N)cc3)n2)cn1.Cn1cc(-c2nccc(Oc3ccc(NC(=O)Nc4cccc(C(F)(F)F)c4)cc3)n2)cn1. The van der Waals surface area contributed by atoms with Crippen molar-refractivity contribution in [3.8, 4) is 46.0 Å². The highest BCUT2D eigenvalue weighted by atomic mass is 19.4. The zero-order chi connectivity index (χ0) is 37.4. The summed E-state index contributed by atoms with van der Waals surface area (Å²) >= 11 is 0. The van der Waals surface area contributed by atoms with Gasteiger partial charge in [-0.2, -0.15) is 33.3 Å². The number of hydrogen-bond acceptors (Lipinski definition) is 10. The van der Waals surface area contributed by atoms with Crippen LogP contribution in [-0.2, 0) is 20.3 Å². The van der Waals surface area contributed by atoms with Gasteiger partial charge in [-0.05, 0) is 66.7 Å². The second-order valence-corrected chi connectivity index (χ2v) is 11.2. The lowest BCUT2D eigenvalue weighted by atomic mass is 10.2. The number of nitrogens with two attached hydrogens (primary N) is 1. The van der Waals surface area contributed by atoms with E-state index in [0.717, 1.165) is 23.3 Å². The van der Waals surface area contributed by atoms with Crippen LogP contribution in [0.25, 0.3) is 22.8 Å². The number of nitrogens with one attached hydrogen (secondary N) is 2. The molecule has 4 N–H and O–H groups in total. The lowest BCUT2D eigenvalue weighted by Gasteiger charge is -2.11. The van der Waals surface area contributed by atoms with Crippen molar-refractivity contribution in [2.45, 2.75) is 6.18 Å². The molecule has 0 aliphatic carbocycles. The monoisotopic (exact) mass is 721 g/mol. The van der Waals surface area contributed by atoms with Gasteiger partial charge in [-0.3, -0.25) is 9.36 Å². The molecular weight excluding hydrogens is 691 g/mol. The molecule has 0 bridgehead atoms. The summed E-state index contributed by atoms with van der Waals surface area (Å²) < 4.78 is 53.2. The van der Waals surface area contributed by atoms with Gasteiger partial charge in [0.05, 0.1) is 29.1 Å². The molecule has 0 aliphatic heterocycles. The smallest absolute Gasteiger partial charge is 0.416 e. The predicted molar refractivity (Wildman–Crippen MR) is 190 cm³/mol. The van der Waals surface area contributed by atoms with Crippen molar-refractivity contribution in [2.24, 2.45) is 14.1 Å². The Morgan fingerprint density at radius 3 is 1.70 bits per heavy atom. The number of aromatic nitrogens is 8. The van der Waals surface area contributed by atoms with E-state index in [9.17, 15) is 18.0 Å². The molecule has 4 aromatic heterocycles. The number of nitrogen functional groups attached to an aromatic ring is 1. The Balaban J connectivity index is 0.000000204. The average Bonchev–Trinajstić information content (AvgIpc) is 3.78. The number of hydrogen-bond donors (Lipinski definition) is 3. The molecule has 0 spiro atoms. The molecule has 0 radical (unpaired) electrons. The van der Waals surface area contributed by atoms with Crippen LogP contribution in [0.5, 0.6) is 23.3 Å². The molecule has 0 saturated carbocycles. The Morgan fingerprint density at radius 1 is 0.698 bits per heavy atom. The number of ether oxygens (including phenoxy) is 2. The quantitative estimate of drug-likeness (QED) is 0.133. The molecule has 268 valence electrons. The maximum absolute atomic E-state index is 12.8. The third-order valence-corrected chi connectivity index (χ3v) is 7.07. The molecule has 0 atom stereocenters. The van der Waals surface area contributed by atoms with Gasteiger partial charge in [0, 0.05) is 68.1 Å². The Labute approximate surface area is 300 Å². The highest BCUT2D eigenvalue weighted by Crippen LogP contribution is 2.31. The van der Waals surface area contributed by atoms with E-state index in [-0.39, 0.29) is 5.69 Å². The van der Waals surface area contributed by atoms with Crippen molar-refractivity contribution in [3.05, 3.63) is 128 Å². The molecule has 2 amide bonds. The first-order chi connectivity index (χ1) is 25.5. The number of benzene rings is 3. The standard InChI is InChI=1S/C22H17F3N6O2.C14H13N5O/c1-31-13-14(12-27-31)20-26-10-9-19(30-20)33-18-7-5-16(6-8-18)28-21(32)29-17-4-2-3-15(11-17)22(23,24)25;1-19-9-10(8-17-19)14-16-7-6-13(18-14)20-12-4-2-11(15)3-5-12/h2-13H,1H3,(H2,28,29,32);2-9H,15H2,1H3. The minimum absolute atomic E-state index is 0.0236. The number of carbonyl (C=O) groups excluding carboxylic acids is 1. The zero-order valence-electron chi connectivity index (χ0n) is 28.1. The molecule has 0 fully saturated rings. The predicted octanol–water partition coefficient (Wildman–Crippen LogP) is 7.58. The van der Waals surface area contributed by atoms with E-state index in [1.807, 2.05) is 13.2 Å². The lowest BCUT2D eigenvalue weighted by Crippen LogP contribution is -2.19. The lowest BCUT2D eigenvalue weighted by molar-refractivity contribution is -0.137. The van der Waals surface area contributed by atoms with Gasteiger partial charge in [-0.1, -0.05) is 6.07 Å². The summed E-state index contributed by atoms with van der Waals surface area (Å²) in [4.78, 5) is 29.3. The van der Waals surface area contributed by atoms with Crippen LogP contribution in [0.4, 0.5) is 35.0 Å². The van der Waals surface area contributed by atoms with Gasteiger partial charge in [0.1, 0.15) is 11.5 Å². The number of urea groups is 1. The summed E-state index contributed by atoms with van der Waals surface area (Å²) in [6.07, 6.45) is 5.71. The van der Waals surface area contributed by atoms with E-state index in [0.29, 0.717) is 46.3 Å². The third-order valence-electron chi connectivity index (χ3n) is 7.07. The fourth-order valence-electron chi connectivity index (χ4n) is 4.60. The van der Waals surface area contributed by atoms with E-state index in [1.54, 1.807) is 108 Å². The van der Waals surface area contributed by atoms with Crippen molar-refractivity contribution >= 4 is 23.1 Å². The van der Waals surface area contributed by atoms with Gasteiger partial charge in [0.25, 0.3) is 0 Å². The summed E-state index contributed by atoms with van der Waals surface area (Å²) in [7, 11) is 3.64. The zero-order valence-corrected chi connectivity index (χ0v) is 28.1. The Kier molecular flexibility index (Phi) is 10.5. The molecule has 0 saturated heterocycles. The van der Waals surface area contributed by atoms with Gasteiger partial charge in [-0.15, -0.1) is 0 Å². The number of amides is 2. The largest absolute Gasteiger partial charge is 0.439 e. The number of aryl methyl sites for hydroxylation is 2. The van der Waals surface area contributed by atoms with E-state index >= 15 is 0 Å². The van der Waals surface area contributed by atoms with Gasteiger partial charge < -0.3 is 25.8 Å². The molecule has 0 aliphatic rings. The number of nitrogens with zero attached hydrogens (tertiary/aromatic N) is 8. The van der Waals surface area contributed by atoms with Gasteiger partial charge >= 0.3 is 12.2 Å². The van der Waals surface area contributed by atoms with Crippen molar-refractivity contribution in [1.29, 1.82) is 0 Å². The van der Waals surface area contributed by atoms with Crippen LogP contribution in [-0.4, -0.2) is 45.5 Å². The number of alkyl halides is 3. The first-order valence-electron chi connectivity index (χ1n) is 15.7. The summed E-state index contributed by atoms with van der Waals surface area (Å²) in [5.74, 6) is 2.98. The second-order valence-electron chi connectivity index (χ2n) is 11.2. The highest BCUT2D eigenvalue weighted by molar-refractivity contribution is 5.99. The summed E-state index contributed by atoms with van der Waals surface area (Å²) in [6, 6.07) is 20.6. The van der Waals surface area contributed by atoms with E-state index in [4.69, 9.17) is 15.2 Å². The molecule has 0 unspecified atom stereocenters. The van der Waals surface area contributed by atoms with Crippen LogP contribution in [0.2, 0.25) is 0 Å². The molecule has 17 heteroatoms. The van der Waals surface area contributed by atoms with Crippen LogP contribution < -0.4 is 25.8 Å². The summed E-state index contributed by atoms with van der Waals surface area (Å²) in [5.41, 5.74) is 7.51. The minimum atomic E-state index is -4.49. The second kappa shape index (κ2) is 15.7. The van der Waals surface area contributed by atoms with E-state index in [2.05, 4.69) is 40.8 Å². The van der Waals surface area contributed by atoms with Gasteiger partial charge in [0.2, 0.25) is 11.8 Å². The topological polar surface area (TPSA) is 173 Å². The Bertz CT molecular complexity index is 2310.